The Morgan fingerprint density at radius 3 is 3.00 bits per heavy atom. The number of halogens is 1. The summed E-state index contributed by atoms with van der Waals surface area (Å²) in [6, 6.07) is 0. The second-order valence-electron chi connectivity index (χ2n) is 1.99. The third-order valence-corrected chi connectivity index (χ3v) is 1.07. The van der Waals surface area contributed by atoms with Gasteiger partial charge in [-0.05, 0) is 0 Å². The van der Waals surface area contributed by atoms with Crippen molar-refractivity contribution < 1.29 is 9.47 Å². The average molecular weight is 149 g/mol. The standard InChI is InChI=1S/C6H9ClO2/c1-5(7)2-8-3-6-4-9-6/h6H,1-4H2. The van der Waals surface area contributed by atoms with Crippen LogP contribution in [0.25, 0.3) is 0 Å². The predicted molar refractivity (Wildman–Crippen MR) is 35.6 cm³/mol. The van der Waals surface area contributed by atoms with E-state index in [4.69, 9.17) is 21.1 Å². The van der Waals surface area contributed by atoms with Crippen LogP contribution in [-0.2, 0) is 9.47 Å². The fourth-order valence-electron chi connectivity index (χ4n) is 0.465. The Labute approximate surface area is 59.4 Å². The van der Waals surface area contributed by atoms with Gasteiger partial charge < -0.3 is 9.47 Å². The summed E-state index contributed by atoms with van der Waals surface area (Å²) in [5.41, 5.74) is 0. The van der Waals surface area contributed by atoms with Gasteiger partial charge in [-0.1, -0.05) is 18.2 Å². The van der Waals surface area contributed by atoms with Crippen LogP contribution in [0, 0.1) is 0 Å². The second kappa shape index (κ2) is 3.20. The number of rotatable bonds is 4. The normalized spacial score (nSPS) is 23.9. The number of hydrogen-bond donors (Lipinski definition) is 0. The molecule has 2 nitrogen and oxygen atoms in total. The summed E-state index contributed by atoms with van der Waals surface area (Å²) in [6.45, 7) is 5.38. The molecule has 0 aromatic rings. The smallest absolute Gasteiger partial charge is 0.104 e. The van der Waals surface area contributed by atoms with Crippen molar-refractivity contribution in [2.45, 2.75) is 6.10 Å². The first kappa shape index (κ1) is 7.06. The SMILES string of the molecule is C=C(Cl)COCC1CO1. The van der Waals surface area contributed by atoms with Crippen LogP contribution < -0.4 is 0 Å². The molecule has 0 N–H and O–H groups in total. The van der Waals surface area contributed by atoms with Crippen molar-refractivity contribution in [2.24, 2.45) is 0 Å². The molecule has 0 amide bonds. The molecule has 0 radical (unpaired) electrons. The van der Waals surface area contributed by atoms with Crippen molar-refractivity contribution in [1.82, 2.24) is 0 Å². The Kier molecular flexibility index (Phi) is 2.51. The lowest BCUT2D eigenvalue weighted by atomic mass is 10.5. The van der Waals surface area contributed by atoms with Crippen LogP contribution >= 0.6 is 11.6 Å². The highest BCUT2D eigenvalue weighted by molar-refractivity contribution is 6.29. The van der Waals surface area contributed by atoms with Crippen LogP contribution in [-0.4, -0.2) is 25.9 Å². The van der Waals surface area contributed by atoms with Gasteiger partial charge in [0.1, 0.15) is 6.10 Å². The van der Waals surface area contributed by atoms with Crippen molar-refractivity contribution in [2.75, 3.05) is 19.8 Å². The van der Waals surface area contributed by atoms with Gasteiger partial charge in [-0.2, -0.15) is 0 Å². The largest absolute Gasteiger partial charge is 0.373 e. The molecule has 1 unspecified atom stereocenters. The molecular formula is C6H9ClO2. The Morgan fingerprint density at radius 1 is 1.89 bits per heavy atom. The zero-order chi connectivity index (χ0) is 6.69. The van der Waals surface area contributed by atoms with Crippen molar-refractivity contribution in [1.29, 1.82) is 0 Å². The number of hydrogen-bond acceptors (Lipinski definition) is 2. The molecular weight excluding hydrogens is 140 g/mol. The third kappa shape index (κ3) is 3.51. The molecule has 1 fully saturated rings. The van der Waals surface area contributed by atoms with Gasteiger partial charge in [0.05, 0.1) is 19.8 Å². The van der Waals surface area contributed by atoms with Gasteiger partial charge in [-0.3, -0.25) is 0 Å². The van der Waals surface area contributed by atoms with E-state index in [2.05, 4.69) is 6.58 Å². The quantitative estimate of drug-likeness (QED) is 0.558. The number of epoxide rings is 1. The molecule has 1 heterocycles. The Bertz CT molecular complexity index is 110. The molecule has 0 aromatic carbocycles. The second-order valence-corrected chi connectivity index (χ2v) is 2.52. The maximum atomic E-state index is 5.42. The van der Waals surface area contributed by atoms with Gasteiger partial charge >= 0.3 is 0 Å². The van der Waals surface area contributed by atoms with Crippen LogP contribution in [0.2, 0.25) is 0 Å². The van der Waals surface area contributed by atoms with Crippen LogP contribution in [0.5, 0.6) is 0 Å². The maximum absolute atomic E-state index is 5.42. The van der Waals surface area contributed by atoms with Gasteiger partial charge in [0.15, 0.2) is 0 Å². The highest BCUT2D eigenvalue weighted by Gasteiger charge is 2.21. The lowest BCUT2D eigenvalue weighted by molar-refractivity contribution is 0.139. The molecule has 1 rings (SSSR count). The summed E-state index contributed by atoms with van der Waals surface area (Å²) in [6.07, 6.45) is 0.320. The van der Waals surface area contributed by atoms with E-state index in [-0.39, 0.29) is 0 Å². The molecule has 0 bridgehead atoms. The van der Waals surface area contributed by atoms with Crippen molar-refractivity contribution in [3.63, 3.8) is 0 Å². The minimum atomic E-state index is 0.320. The average Bonchev–Trinajstić information content (AvgIpc) is 2.48. The minimum absolute atomic E-state index is 0.320. The molecule has 1 saturated heterocycles. The summed E-state index contributed by atoms with van der Waals surface area (Å²) in [4.78, 5) is 0. The van der Waals surface area contributed by atoms with Crippen LogP contribution in [0.1, 0.15) is 0 Å². The van der Waals surface area contributed by atoms with Crippen molar-refractivity contribution in [3.8, 4) is 0 Å². The number of ether oxygens (including phenoxy) is 2. The topological polar surface area (TPSA) is 21.8 Å². The molecule has 3 heteroatoms. The lowest BCUT2D eigenvalue weighted by Crippen LogP contribution is -2.01. The van der Waals surface area contributed by atoms with Gasteiger partial charge in [-0.15, -0.1) is 0 Å². The van der Waals surface area contributed by atoms with Crippen LogP contribution in [0.3, 0.4) is 0 Å². The Morgan fingerprint density at radius 2 is 2.56 bits per heavy atom. The van der Waals surface area contributed by atoms with E-state index in [1.165, 1.54) is 0 Å². The molecule has 1 aliphatic heterocycles. The van der Waals surface area contributed by atoms with E-state index < -0.39 is 0 Å². The first-order valence-corrected chi connectivity index (χ1v) is 3.19. The predicted octanol–water partition coefficient (Wildman–Crippen LogP) is 1.15. The van der Waals surface area contributed by atoms with Crippen molar-refractivity contribution in [3.05, 3.63) is 11.6 Å². The Hall–Kier alpha value is -0.0500. The van der Waals surface area contributed by atoms with E-state index in [0.717, 1.165) is 6.61 Å². The van der Waals surface area contributed by atoms with Gasteiger partial charge in [0.25, 0.3) is 0 Å². The molecule has 0 aliphatic carbocycles. The van der Waals surface area contributed by atoms with E-state index in [0.29, 0.717) is 24.4 Å². The third-order valence-electron chi connectivity index (χ3n) is 0.965. The van der Waals surface area contributed by atoms with Gasteiger partial charge in [-0.25, -0.2) is 0 Å². The zero-order valence-corrected chi connectivity index (χ0v) is 5.86. The summed E-state index contributed by atoms with van der Waals surface area (Å²) >= 11 is 5.42. The maximum Gasteiger partial charge on any atom is 0.104 e. The fourth-order valence-corrected chi connectivity index (χ4v) is 0.543. The molecule has 1 aliphatic rings. The summed E-state index contributed by atoms with van der Waals surface area (Å²) in [7, 11) is 0. The van der Waals surface area contributed by atoms with E-state index in [1.54, 1.807) is 0 Å². The molecule has 0 saturated carbocycles. The summed E-state index contributed by atoms with van der Waals surface area (Å²) < 4.78 is 9.96. The van der Waals surface area contributed by atoms with Gasteiger partial charge in [0.2, 0.25) is 0 Å². The highest BCUT2D eigenvalue weighted by Crippen LogP contribution is 2.09. The first-order chi connectivity index (χ1) is 4.29. The first-order valence-electron chi connectivity index (χ1n) is 2.81. The Balaban J connectivity index is 1.86. The minimum Gasteiger partial charge on any atom is -0.373 e. The van der Waals surface area contributed by atoms with E-state index in [9.17, 15) is 0 Å². The highest BCUT2D eigenvalue weighted by atomic mass is 35.5. The van der Waals surface area contributed by atoms with E-state index in [1.807, 2.05) is 0 Å². The van der Waals surface area contributed by atoms with E-state index >= 15 is 0 Å². The molecule has 0 spiro atoms. The van der Waals surface area contributed by atoms with Crippen LogP contribution in [0.15, 0.2) is 11.6 Å². The molecule has 0 aromatic heterocycles. The monoisotopic (exact) mass is 148 g/mol. The van der Waals surface area contributed by atoms with Gasteiger partial charge in [0, 0.05) is 5.03 Å². The lowest BCUT2D eigenvalue weighted by Gasteiger charge is -1.96. The molecule has 9 heavy (non-hydrogen) atoms. The zero-order valence-electron chi connectivity index (χ0n) is 5.10. The fraction of sp³-hybridized carbons (Fsp3) is 0.667. The molecule has 1 atom stereocenters. The molecule has 52 valence electrons. The van der Waals surface area contributed by atoms with Crippen molar-refractivity contribution >= 4 is 11.6 Å². The summed E-state index contributed by atoms with van der Waals surface area (Å²) in [5.74, 6) is 0. The van der Waals surface area contributed by atoms with Crippen LogP contribution in [0.4, 0.5) is 0 Å². The summed E-state index contributed by atoms with van der Waals surface area (Å²) in [5, 5.41) is 0.538.